The molecule has 0 aliphatic rings. The molecule has 0 spiro atoms. The molecule has 0 fully saturated rings. The van der Waals surface area contributed by atoms with E-state index in [2.05, 4.69) is 11.9 Å². The van der Waals surface area contributed by atoms with Crippen LogP contribution in [0.5, 0.6) is 0 Å². The average molecular weight is 337 g/mol. The Balaban J connectivity index is 2.67. The highest BCUT2D eigenvalue weighted by Crippen LogP contribution is 2.25. The van der Waals surface area contributed by atoms with E-state index in [0.717, 1.165) is 17.7 Å². The van der Waals surface area contributed by atoms with Gasteiger partial charge in [0.15, 0.2) is 0 Å². The highest BCUT2D eigenvalue weighted by atomic mass is 32.2. The predicted molar refractivity (Wildman–Crippen MR) is 97.2 cm³/mol. The minimum Gasteiger partial charge on any atom is -0.394 e. The molecule has 1 rings (SSSR count). The lowest BCUT2D eigenvalue weighted by Gasteiger charge is -2.25. The van der Waals surface area contributed by atoms with E-state index in [4.69, 9.17) is 16.2 Å². The van der Waals surface area contributed by atoms with Crippen LogP contribution in [0, 0.1) is 0 Å². The zero-order chi connectivity index (χ0) is 17.3. The molecule has 0 saturated carbocycles. The Bertz CT molecular complexity index is 532. The van der Waals surface area contributed by atoms with Gasteiger partial charge in [0.25, 0.3) is 5.91 Å². The molecule has 5 N–H and O–H groups in total. The zero-order valence-electron chi connectivity index (χ0n) is 13.9. The first-order valence-electron chi connectivity index (χ1n) is 7.69. The van der Waals surface area contributed by atoms with E-state index in [-0.39, 0.29) is 5.91 Å². The van der Waals surface area contributed by atoms with Crippen LogP contribution in [-0.4, -0.2) is 31.4 Å². The van der Waals surface area contributed by atoms with Crippen LogP contribution in [0.1, 0.15) is 36.2 Å². The van der Waals surface area contributed by atoms with E-state index in [1.165, 1.54) is 11.8 Å². The van der Waals surface area contributed by atoms with Crippen LogP contribution in [0.4, 0.5) is 0 Å². The topological polar surface area (TPSA) is 90.4 Å². The number of rotatable bonds is 10. The van der Waals surface area contributed by atoms with E-state index in [0.29, 0.717) is 30.4 Å². The second-order valence-electron chi connectivity index (χ2n) is 5.52. The summed E-state index contributed by atoms with van der Waals surface area (Å²) >= 11 is 1.49. The molecular formula is C17H27N3O2S. The van der Waals surface area contributed by atoms with Crippen LogP contribution in [-0.2, 0) is 10.3 Å². The van der Waals surface area contributed by atoms with Crippen molar-refractivity contribution in [2.45, 2.75) is 25.8 Å². The fraction of sp³-hybridized carbons (Fsp3) is 0.471. The summed E-state index contributed by atoms with van der Waals surface area (Å²) in [4.78, 5) is 12.2. The Morgan fingerprint density at radius 1 is 1.48 bits per heavy atom. The second kappa shape index (κ2) is 9.60. The molecule has 23 heavy (non-hydrogen) atoms. The third-order valence-corrected chi connectivity index (χ3v) is 4.21. The summed E-state index contributed by atoms with van der Waals surface area (Å²) in [5.41, 5.74) is 13.0. The minimum absolute atomic E-state index is 0.118. The van der Waals surface area contributed by atoms with Gasteiger partial charge in [0.2, 0.25) is 0 Å². The van der Waals surface area contributed by atoms with Crippen LogP contribution in [0.2, 0.25) is 0 Å². The molecule has 0 aliphatic heterocycles. The van der Waals surface area contributed by atoms with Crippen LogP contribution < -0.4 is 16.8 Å². The van der Waals surface area contributed by atoms with Gasteiger partial charge in [0.1, 0.15) is 0 Å². The van der Waals surface area contributed by atoms with Gasteiger partial charge < -0.3 is 21.5 Å². The van der Waals surface area contributed by atoms with Crippen LogP contribution in [0.25, 0.3) is 0 Å². The predicted octanol–water partition coefficient (Wildman–Crippen LogP) is 2.18. The molecule has 6 heteroatoms. The van der Waals surface area contributed by atoms with Crippen LogP contribution in [0.15, 0.2) is 35.9 Å². The molecular weight excluding hydrogens is 310 g/mol. The maximum absolute atomic E-state index is 12.2. The number of benzene rings is 1. The van der Waals surface area contributed by atoms with Gasteiger partial charge in [0, 0.05) is 30.0 Å². The lowest BCUT2D eigenvalue weighted by atomic mass is 9.89. The molecule has 0 aliphatic carbocycles. The first-order valence-corrected chi connectivity index (χ1v) is 8.68. The molecule has 1 aromatic rings. The van der Waals surface area contributed by atoms with Crippen molar-refractivity contribution in [3.8, 4) is 0 Å². The van der Waals surface area contributed by atoms with Gasteiger partial charge in [-0.05, 0) is 38.0 Å². The number of hydrogen-bond donors (Lipinski definition) is 3. The lowest BCUT2D eigenvalue weighted by molar-refractivity contribution is 0.0922. The highest BCUT2D eigenvalue weighted by Gasteiger charge is 2.22. The molecule has 0 aromatic heterocycles. The fourth-order valence-corrected chi connectivity index (χ4v) is 2.83. The number of carbonyl (C=O) groups excluding carboxylic acids is 1. The second-order valence-corrected chi connectivity index (χ2v) is 6.74. The first kappa shape index (κ1) is 19.5. The molecule has 1 aromatic carbocycles. The summed E-state index contributed by atoms with van der Waals surface area (Å²) in [7, 11) is 0. The molecule has 1 unspecified atom stereocenters. The van der Waals surface area contributed by atoms with E-state index in [1.54, 1.807) is 6.07 Å². The van der Waals surface area contributed by atoms with Crippen molar-refractivity contribution < 1.29 is 9.53 Å². The molecule has 5 nitrogen and oxygen atoms in total. The quantitative estimate of drug-likeness (QED) is 0.569. The van der Waals surface area contributed by atoms with Gasteiger partial charge >= 0.3 is 0 Å². The molecule has 1 atom stereocenters. The van der Waals surface area contributed by atoms with Gasteiger partial charge in [0.05, 0.1) is 11.6 Å². The van der Waals surface area contributed by atoms with E-state index in [1.807, 2.05) is 32.0 Å². The molecule has 0 heterocycles. The largest absolute Gasteiger partial charge is 0.394 e. The number of nitrogens with two attached hydrogens (primary N) is 2. The monoisotopic (exact) mass is 337 g/mol. The smallest absolute Gasteiger partial charge is 0.251 e. The zero-order valence-corrected chi connectivity index (χ0v) is 14.7. The normalized spacial score (nSPS) is 13.3. The molecule has 1 amide bonds. The Kier molecular flexibility index (Phi) is 8.16. The van der Waals surface area contributed by atoms with Crippen molar-refractivity contribution in [3.05, 3.63) is 47.0 Å². The summed E-state index contributed by atoms with van der Waals surface area (Å²) < 4.78 is 5.21. The Hall–Kier alpha value is -1.50. The van der Waals surface area contributed by atoms with E-state index < -0.39 is 5.54 Å². The highest BCUT2D eigenvalue weighted by molar-refractivity contribution is 8.02. The maximum atomic E-state index is 12.2. The van der Waals surface area contributed by atoms with Crippen molar-refractivity contribution >= 4 is 17.7 Å². The Labute approximate surface area is 142 Å². The Morgan fingerprint density at radius 3 is 2.87 bits per heavy atom. The van der Waals surface area contributed by atoms with E-state index >= 15 is 0 Å². The number of amides is 1. The van der Waals surface area contributed by atoms with Gasteiger partial charge in [-0.15, -0.1) is 11.8 Å². The average Bonchev–Trinajstić information content (AvgIpc) is 2.51. The molecule has 128 valence electrons. The summed E-state index contributed by atoms with van der Waals surface area (Å²) in [6.45, 7) is 9.19. The standard InChI is InChI=1S/C17H27N3O2S/c1-4-22-10-9-20-16(21)14-6-5-7-15(12-14)17(3,19)8-11-23-13(2)18/h5-7,12H,2,4,8-11,18-19H2,1,3H3,(H,20,21). The number of hydrogen-bond acceptors (Lipinski definition) is 5. The first-order chi connectivity index (χ1) is 10.9. The Morgan fingerprint density at radius 2 is 2.22 bits per heavy atom. The van der Waals surface area contributed by atoms with Gasteiger partial charge in [-0.3, -0.25) is 4.79 Å². The third-order valence-electron chi connectivity index (χ3n) is 3.43. The maximum Gasteiger partial charge on any atom is 0.251 e. The van der Waals surface area contributed by atoms with Crippen molar-refractivity contribution in [1.82, 2.24) is 5.32 Å². The van der Waals surface area contributed by atoms with Crippen LogP contribution >= 0.6 is 11.8 Å². The number of carbonyl (C=O) groups is 1. The summed E-state index contributed by atoms with van der Waals surface area (Å²) in [6.07, 6.45) is 0.739. The molecule has 0 saturated heterocycles. The number of nitrogens with one attached hydrogen (secondary N) is 1. The fourth-order valence-electron chi connectivity index (χ4n) is 2.04. The van der Waals surface area contributed by atoms with Crippen molar-refractivity contribution in [2.75, 3.05) is 25.5 Å². The number of thioether (sulfide) groups is 1. The van der Waals surface area contributed by atoms with Gasteiger partial charge in [-0.25, -0.2) is 0 Å². The van der Waals surface area contributed by atoms with Crippen molar-refractivity contribution in [3.63, 3.8) is 0 Å². The summed E-state index contributed by atoms with van der Waals surface area (Å²) in [5.74, 6) is 0.666. The van der Waals surface area contributed by atoms with Gasteiger partial charge in [-0.2, -0.15) is 0 Å². The van der Waals surface area contributed by atoms with Crippen molar-refractivity contribution in [1.29, 1.82) is 0 Å². The number of ether oxygens (including phenoxy) is 1. The summed E-state index contributed by atoms with van der Waals surface area (Å²) in [5, 5.41) is 3.42. The van der Waals surface area contributed by atoms with Crippen molar-refractivity contribution in [2.24, 2.45) is 11.5 Å². The minimum atomic E-state index is -0.524. The third kappa shape index (κ3) is 7.07. The SMILES string of the molecule is C=C(N)SCCC(C)(N)c1cccc(C(=O)NCCOCC)c1. The lowest BCUT2D eigenvalue weighted by Crippen LogP contribution is -2.34. The molecule has 0 radical (unpaired) electrons. The molecule has 0 bridgehead atoms. The van der Waals surface area contributed by atoms with Gasteiger partial charge in [-0.1, -0.05) is 18.7 Å². The van der Waals surface area contributed by atoms with Crippen LogP contribution in [0.3, 0.4) is 0 Å². The summed E-state index contributed by atoms with van der Waals surface area (Å²) in [6, 6.07) is 7.43. The van der Waals surface area contributed by atoms with E-state index in [9.17, 15) is 4.79 Å².